The molecular weight excluding hydrogens is 332 g/mol. The third kappa shape index (κ3) is 2.81. The standard InChI is InChI=1S/C14H12ClF2N3O3/c15-8-3-6-4-9(19-12(6)11(17)10(8)16)13(21)20-2-1-7(5-20)18-14(22)23/h3-4,7,18-19H,1-2,5H2,(H,22,23). The summed E-state index contributed by atoms with van der Waals surface area (Å²) in [6.45, 7) is 0.592. The Balaban J connectivity index is 1.85. The van der Waals surface area contributed by atoms with Crippen LogP contribution in [0.4, 0.5) is 13.6 Å². The molecule has 0 bridgehead atoms. The van der Waals surface area contributed by atoms with Crippen LogP contribution in [-0.4, -0.2) is 46.1 Å². The van der Waals surface area contributed by atoms with Gasteiger partial charge in [0, 0.05) is 18.5 Å². The quantitative estimate of drug-likeness (QED) is 0.733. The van der Waals surface area contributed by atoms with Crippen LogP contribution in [0, 0.1) is 11.6 Å². The number of hydrogen-bond acceptors (Lipinski definition) is 2. The minimum atomic E-state index is -1.17. The average molecular weight is 344 g/mol. The molecule has 1 unspecified atom stereocenters. The summed E-state index contributed by atoms with van der Waals surface area (Å²) in [6.07, 6.45) is -0.658. The summed E-state index contributed by atoms with van der Waals surface area (Å²) in [5, 5.41) is 10.9. The highest BCUT2D eigenvalue weighted by Crippen LogP contribution is 2.28. The number of aromatic nitrogens is 1. The van der Waals surface area contributed by atoms with Gasteiger partial charge in [-0.2, -0.15) is 0 Å². The van der Waals surface area contributed by atoms with Crippen molar-refractivity contribution >= 4 is 34.5 Å². The van der Waals surface area contributed by atoms with Crippen LogP contribution in [0.3, 0.4) is 0 Å². The van der Waals surface area contributed by atoms with Crippen molar-refractivity contribution in [3.05, 3.63) is 34.5 Å². The molecule has 1 aromatic carbocycles. The molecule has 23 heavy (non-hydrogen) atoms. The molecule has 0 saturated carbocycles. The molecule has 1 saturated heterocycles. The molecule has 1 atom stereocenters. The van der Waals surface area contributed by atoms with E-state index < -0.39 is 23.6 Å². The second-order valence-corrected chi connectivity index (χ2v) is 5.73. The van der Waals surface area contributed by atoms with Crippen molar-refractivity contribution in [2.75, 3.05) is 13.1 Å². The number of nitrogens with zero attached hydrogens (tertiary/aromatic N) is 1. The van der Waals surface area contributed by atoms with Crippen LogP contribution in [0.25, 0.3) is 10.9 Å². The number of rotatable bonds is 2. The first kappa shape index (κ1) is 15.5. The van der Waals surface area contributed by atoms with Crippen molar-refractivity contribution in [1.82, 2.24) is 15.2 Å². The predicted molar refractivity (Wildman–Crippen MR) is 78.7 cm³/mol. The first-order valence-electron chi connectivity index (χ1n) is 6.81. The van der Waals surface area contributed by atoms with Gasteiger partial charge >= 0.3 is 6.09 Å². The van der Waals surface area contributed by atoms with Gasteiger partial charge < -0.3 is 20.3 Å². The van der Waals surface area contributed by atoms with Crippen LogP contribution in [0.1, 0.15) is 16.9 Å². The molecule has 2 amide bonds. The number of fused-ring (bicyclic) bond motifs is 1. The first-order chi connectivity index (χ1) is 10.9. The molecule has 1 aliphatic heterocycles. The maximum atomic E-state index is 13.8. The largest absolute Gasteiger partial charge is 0.465 e. The highest BCUT2D eigenvalue weighted by atomic mass is 35.5. The Labute approximate surface area is 134 Å². The van der Waals surface area contributed by atoms with E-state index in [1.165, 1.54) is 17.0 Å². The van der Waals surface area contributed by atoms with E-state index in [0.29, 0.717) is 13.0 Å². The van der Waals surface area contributed by atoms with Gasteiger partial charge in [-0.3, -0.25) is 4.79 Å². The van der Waals surface area contributed by atoms with E-state index in [1.54, 1.807) is 0 Å². The summed E-state index contributed by atoms with van der Waals surface area (Å²) < 4.78 is 27.3. The number of carbonyl (C=O) groups is 2. The maximum absolute atomic E-state index is 13.8. The lowest BCUT2D eigenvalue weighted by atomic mass is 10.2. The van der Waals surface area contributed by atoms with Gasteiger partial charge in [0.2, 0.25) is 0 Å². The van der Waals surface area contributed by atoms with Gasteiger partial charge in [-0.1, -0.05) is 11.6 Å². The van der Waals surface area contributed by atoms with Crippen LogP contribution >= 0.6 is 11.6 Å². The van der Waals surface area contributed by atoms with Gasteiger partial charge in [-0.25, -0.2) is 13.6 Å². The number of hydrogen-bond donors (Lipinski definition) is 3. The van der Waals surface area contributed by atoms with E-state index in [0.717, 1.165) is 0 Å². The molecule has 0 radical (unpaired) electrons. The van der Waals surface area contributed by atoms with Gasteiger partial charge in [0.15, 0.2) is 11.6 Å². The van der Waals surface area contributed by atoms with Crippen molar-refractivity contribution in [2.24, 2.45) is 0 Å². The number of likely N-dealkylation sites (tertiary alicyclic amines) is 1. The van der Waals surface area contributed by atoms with E-state index in [-0.39, 0.29) is 34.2 Å². The summed E-state index contributed by atoms with van der Waals surface area (Å²) in [7, 11) is 0. The van der Waals surface area contributed by atoms with Crippen LogP contribution in [0.2, 0.25) is 5.02 Å². The number of amides is 2. The van der Waals surface area contributed by atoms with Gasteiger partial charge in [-0.05, 0) is 18.6 Å². The zero-order valence-corrected chi connectivity index (χ0v) is 12.5. The van der Waals surface area contributed by atoms with Crippen molar-refractivity contribution in [3.8, 4) is 0 Å². The van der Waals surface area contributed by atoms with Crippen LogP contribution in [0.5, 0.6) is 0 Å². The normalized spacial score (nSPS) is 17.7. The van der Waals surface area contributed by atoms with Crippen molar-refractivity contribution in [1.29, 1.82) is 0 Å². The second-order valence-electron chi connectivity index (χ2n) is 5.32. The Morgan fingerprint density at radius 2 is 2.09 bits per heavy atom. The lowest BCUT2D eigenvalue weighted by Crippen LogP contribution is -2.37. The van der Waals surface area contributed by atoms with E-state index >= 15 is 0 Å². The van der Waals surface area contributed by atoms with Gasteiger partial charge in [0.05, 0.1) is 16.6 Å². The van der Waals surface area contributed by atoms with Crippen LogP contribution < -0.4 is 5.32 Å². The van der Waals surface area contributed by atoms with Crippen LogP contribution in [0.15, 0.2) is 12.1 Å². The Morgan fingerprint density at radius 3 is 2.78 bits per heavy atom. The molecule has 9 heteroatoms. The van der Waals surface area contributed by atoms with Crippen molar-refractivity contribution in [2.45, 2.75) is 12.5 Å². The van der Waals surface area contributed by atoms with E-state index in [1.807, 2.05) is 0 Å². The molecule has 1 aliphatic rings. The molecule has 1 aromatic heterocycles. The number of carbonyl (C=O) groups excluding carboxylic acids is 1. The Morgan fingerprint density at radius 1 is 1.35 bits per heavy atom. The van der Waals surface area contributed by atoms with Crippen molar-refractivity contribution < 1.29 is 23.5 Å². The lowest BCUT2D eigenvalue weighted by Gasteiger charge is -2.15. The van der Waals surface area contributed by atoms with Gasteiger partial charge in [-0.15, -0.1) is 0 Å². The van der Waals surface area contributed by atoms with Gasteiger partial charge in [0.1, 0.15) is 5.69 Å². The summed E-state index contributed by atoms with van der Waals surface area (Å²) in [4.78, 5) is 27.0. The number of nitrogens with one attached hydrogen (secondary N) is 2. The molecule has 0 aliphatic carbocycles. The number of aromatic amines is 1. The average Bonchev–Trinajstić information content (AvgIpc) is 3.10. The number of carboxylic acid groups (broad SMARTS) is 1. The maximum Gasteiger partial charge on any atom is 0.404 e. The van der Waals surface area contributed by atoms with Gasteiger partial charge in [0.25, 0.3) is 5.91 Å². The van der Waals surface area contributed by atoms with Crippen molar-refractivity contribution in [3.63, 3.8) is 0 Å². The second kappa shape index (κ2) is 5.69. The van der Waals surface area contributed by atoms with E-state index in [9.17, 15) is 18.4 Å². The lowest BCUT2D eigenvalue weighted by molar-refractivity contribution is 0.0783. The van der Waals surface area contributed by atoms with E-state index in [4.69, 9.17) is 16.7 Å². The topological polar surface area (TPSA) is 85.4 Å². The molecular formula is C14H12ClF2N3O3. The molecule has 3 N–H and O–H groups in total. The first-order valence-corrected chi connectivity index (χ1v) is 7.19. The Kier molecular flexibility index (Phi) is 3.85. The summed E-state index contributed by atoms with van der Waals surface area (Å²) in [5.41, 5.74) is -0.0359. The fourth-order valence-corrected chi connectivity index (χ4v) is 2.90. The number of H-pyrrole nitrogens is 1. The summed E-state index contributed by atoms with van der Waals surface area (Å²) >= 11 is 5.59. The zero-order chi connectivity index (χ0) is 16.7. The fraction of sp³-hybridized carbons (Fsp3) is 0.286. The monoisotopic (exact) mass is 343 g/mol. The summed E-state index contributed by atoms with van der Waals surface area (Å²) in [6, 6.07) is 2.29. The smallest absolute Gasteiger partial charge is 0.404 e. The molecule has 6 nitrogen and oxygen atoms in total. The SMILES string of the molecule is O=C(O)NC1CCN(C(=O)c2cc3cc(Cl)c(F)c(F)c3[nH]2)C1. The number of halogens is 3. The molecule has 0 spiro atoms. The highest BCUT2D eigenvalue weighted by molar-refractivity contribution is 6.31. The molecule has 122 valence electrons. The predicted octanol–water partition coefficient (Wildman–Crippen LogP) is 2.58. The van der Waals surface area contributed by atoms with Crippen LogP contribution in [-0.2, 0) is 0 Å². The molecule has 2 aromatic rings. The zero-order valence-electron chi connectivity index (χ0n) is 11.7. The fourth-order valence-electron chi connectivity index (χ4n) is 2.70. The third-order valence-corrected chi connectivity index (χ3v) is 4.06. The minimum absolute atomic E-state index is 0.0940. The molecule has 1 fully saturated rings. The van der Waals surface area contributed by atoms with E-state index in [2.05, 4.69) is 10.3 Å². The Hall–Kier alpha value is -2.35. The Bertz CT molecular complexity index is 808. The highest BCUT2D eigenvalue weighted by Gasteiger charge is 2.29. The number of benzene rings is 1. The summed E-state index contributed by atoms with van der Waals surface area (Å²) in [5.74, 6) is -2.72. The molecule has 3 rings (SSSR count). The third-order valence-electron chi connectivity index (χ3n) is 3.79. The molecule has 2 heterocycles. The minimum Gasteiger partial charge on any atom is -0.465 e.